The van der Waals surface area contributed by atoms with Crippen molar-refractivity contribution in [2.75, 3.05) is 25.1 Å². The molecule has 0 radical (unpaired) electrons. The summed E-state index contributed by atoms with van der Waals surface area (Å²) >= 11 is 12.0. The molecule has 0 aliphatic heterocycles. The van der Waals surface area contributed by atoms with Gasteiger partial charge < -0.3 is 14.8 Å². The normalized spacial score (nSPS) is 10.2. The zero-order valence-corrected chi connectivity index (χ0v) is 12.7. The van der Waals surface area contributed by atoms with Gasteiger partial charge in [0.2, 0.25) is 0 Å². The number of amides is 1. The monoisotopic (exact) mass is 319 g/mol. The first-order chi connectivity index (χ1) is 9.45. The molecule has 0 saturated carbocycles. The molecule has 0 bridgehead atoms. The first kappa shape index (κ1) is 16.8. The topological polar surface area (TPSA) is 64.6 Å². The van der Waals surface area contributed by atoms with E-state index in [1.165, 1.54) is 0 Å². The van der Waals surface area contributed by atoms with Crippen molar-refractivity contribution in [1.29, 1.82) is 0 Å². The van der Waals surface area contributed by atoms with Crippen LogP contribution in [0.5, 0.6) is 0 Å². The van der Waals surface area contributed by atoms with Crippen LogP contribution in [0.25, 0.3) is 0 Å². The molecule has 0 aliphatic carbocycles. The Bertz CT molecular complexity index is 505. The molecule has 0 fully saturated rings. The number of benzene rings is 1. The summed E-state index contributed by atoms with van der Waals surface area (Å²) in [7, 11) is 0. The maximum atomic E-state index is 11.7. The maximum Gasteiger partial charge on any atom is 0.332 e. The lowest BCUT2D eigenvalue weighted by molar-refractivity contribution is -0.151. The second-order valence-corrected chi connectivity index (χ2v) is 4.68. The van der Waals surface area contributed by atoms with Gasteiger partial charge in [0.25, 0.3) is 5.91 Å². The molecule has 110 valence electrons. The van der Waals surface area contributed by atoms with Crippen molar-refractivity contribution >= 4 is 40.8 Å². The lowest BCUT2D eigenvalue weighted by atomic mass is 10.2. The van der Waals surface area contributed by atoms with Crippen LogP contribution >= 0.6 is 23.2 Å². The van der Waals surface area contributed by atoms with Gasteiger partial charge in [-0.25, -0.2) is 4.79 Å². The van der Waals surface area contributed by atoms with Gasteiger partial charge in [0.15, 0.2) is 6.61 Å². The number of nitrogens with one attached hydrogen (secondary N) is 1. The second kappa shape index (κ2) is 8.09. The Morgan fingerprint density at radius 1 is 1.25 bits per heavy atom. The highest BCUT2D eigenvalue weighted by molar-refractivity contribution is 6.40. The van der Waals surface area contributed by atoms with Gasteiger partial charge in [-0.05, 0) is 25.5 Å². The van der Waals surface area contributed by atoms with Gasteiger partial charge in [0.05, 0.1) is 15.7 Å². The van der Waals surface area contributed by atoms with Crippen molar-refractivity contribution in [2.45, 2.75) is 13.8 Å². The zero-order chi connectivity index (χ0) is 15.1. The summed E-state index contributed by atoms with van der Waals surface area (Å²) in [6.07, 6.45) is 0. The quantitative estimate of drug-likeness (QED) is 0.819. The number of hydrogen-bond acceptors (Lipinski definition) is 4. The Labute approximate surface area is 127 Å². The van der Waals surface area contributed by atoms with E-state index in [1.54, 1.807) is 26.0 Å². The van der Waals surface area contributed by atoms with Crippen molar-refractivity contribution in [2.24, 2.45) is 0 Å². The number of hydrogen-bond donors (Lipinski definition) is 1. The minimum atomic E-state index is -0.608. The van der Waals surface area contributed by atoms with Crippen LogP contribution in [0, 0.1) is 6.92 Å². The van der Waals surface area contributed by atoms with E-state index in [0.29, 0.717) is 22.3 Å². The van der Waals surface area contributed by atoms with Gasteiger partial charge in [-0.3, -0.25) is 4.79 Å². The third kappa shape index (κ3) is 5.00. The van der Waals surface area contributed by atoms with Crippen LogP contribution in [-0.4, -0.2) is 31.7 Å². The molecular weight excluding hydrogens is 305 g/mol. The van der Waals surface area contributed by atoms with E-state index in [0.717, 1.165) is 5.56 Å². The first-order valence-corrected chi connectivity index (χ1v) is 6.69. The van der Waals surface area contributed by atoms with Crippen LogP contribution in [0.15, 0.2) is 12.1 Å². The summed E-state index contributed by atoms with van der Waals surface area (Å²) < 4.78 is 9.58. The number of carbonyl (C=O) groups is 2. The van der Waals surface area contributed by atoms with Crippen molar-refractivity contribution in [3.63, 3.8) is 0 Å². The van der Waals surface area contributed by atoms with Crippen molar-refractivity contribution in [1.82, 2.24) is 0 Å². The Balaban J connectivity index is 2.55. The van der Waals surface area contributed by atoms with Gasteiger partial charge in [-0.2, -0.15) is 0 Å². The Kier molecular flexibility index (Phi) is 6.78. The predicted octanol–water partition coefficient (Wildman–Crippen LogP) is 2.82. The fourth-order valence-electron chi connectivity index (χ4n) is 1.32. The second-order valence-electron chi connectivity index (χ2n) is 3.90. The fourth-order valence-corrected chi connectivity index (χ4v) is 1.78. The lowest BCUT2D eigenvalue weighted by Crippen LogP contribution is -2.23. The Morgan fingerprint density at radius 2 is 1.95 bits per heavy atom. The standard InChI is InChI=1S/C13H15Cl2NO4/c1-3-19-7-11(18)20-6-10(17)16-13-9(14)5-4-8(2)12(13)15/h4-5H,3,6-7H2,1-2H3,(H,16,17). The van der Waals surface area contributed by atoms with Gasteiger partial charge in [0, 0.05) is 6.61 Å². The van der Waals surface area contributed by atoms with Crippen LogP contribution in [0.4, 0.5) is 5.69 Å². The SMILES string of the molecule is CCOCC(=O)OCC(=O)Nc1c(Cl)ccc(C)c1Cl. The number of rotatable bonds is 6. The molecule has 0 saturated heterocycles. The molecule has 20 heavy (non-hydrogen) atoms. The summed E-state index contributed by atoms with van der Waals surface area (Å²) in [5.41, 5.74) is 1.08. The number of anilines is 1. The van der Waals surface area contributed by atoms with Crippen molar-refractivity contribution in [3.8, 4) is 0 Å². The first-order valence-electron chi connectivity index (χ1n) is 5.93. The highest BCUT2D eigenvalue weighted by atomic mass is 35.5. The van der Waals surface area contributed by atoms with Crippen LogP contribution in [0.2, 0.25) is 10.0 Å². The lowest BCUT2D eigenvalue weighted by Gasteiger charge is -2.11. The van der Waals surface area contributed by atoms with E-state index in [4.69, 9.17) is 32.7 Å². The average molecular weight is 320 g/mol. The number of aryl methyl sites for hydroxylation is 1. The van der Waals surface area contributed by atoms with E-state index >= 15 is 0 Å². The molecular formula is C13H15Cl2NO4. The number of carbonyl (C=O) groups excluding carboxylic acids is 2. The molecule has 0 spiro atoms. The molecule has 0 aliphatic rings. The zero-order valence-electron chi connectivity index (χ0n) is 11.2. The molecule has 1 N–H and O–H groups in total. The van der Waals surface area contributed by atoms with E-state index in [9.17, 15) is 9.59 Å². The molecule has 1 aromatic carbocycles. The summed E-state index contributed by atoms with van der Waals surface area (Å²) in [6, 6.07) is 3.36. The maximum absolute atomic E-state index is 11.7. The Morgan fingerprint density at radius 3 is 2.60 bits per heavy atom. The fraction of sp³-hybridized carbons (Fsp3) is 0.385. The largest absolute Gasteiger partial charge is 0.454 e. The van der Waals surface area contributed by atoms with Gasteiger partial charge in [-0.1, -0.05) is 29.3 Å². The van der Waals surface area contributed by atoms with Crippen molar-refractivity contribution in [3.05, 3.63) is 27.7 Å². The van der Waals surface area contributed by atoms with Gasteiger partial charge >= 0.3 is 5.97 Å². The summed E-state index contributed by atoms with van der Waals surface area (Å²) in [4.78, 5) is 22.8. The molecule has 0 aromatic heterocycles. The minimum Gasteiger partial charge on any atom is -0.454 e. The average Bonchev–Trinajstić information content (AvgIpc) is 2.43. The minimum absolute atomic E-state index is 0.185. The van der Waals surface area contributed by atoms with Gasteiger partial charge in [0.1, 0.15) is 6.61 Å². The molecule has 0 heterocycles. The van der Waals surface area contributed by atoms with Crippen LogP contribution in [-0.2, 0) is 19.1 Å². The molecule has 1 amide bonds. The third-order valence-electron chi connectivity index (χ3n) is 2.34. The van der Waals surface area contributed by atoms with Crippen LogP contribution < -0.4 is 5.32 Å². The predicted molar refractivity (Wildman–Crippen MR) is 77.3 cm³/mol. The number of ether oxygens (including phenoxy) is 2. The number of halogens is 2. The molecule has 1 rings (SSSR count). The highest BCUT2D eigenvalue weighted by Gasteiger charge is 2.13. The highest BCUT2D eigenvalue weighted by Crippen LogP contribution is 2.32. The molecule has 7 heteroatoms. The number of esters is 1. The third-order valence-corrected chi connectivity index (χ3v) is 3.14. The van der Waals surface area contributed by atoms with Gasteiger partial charge in [-0.15, -0.1) is 0 Å². The summed E-state index contributed by atoms with van der Waals surface area (Å²) in [6.45, 7) is 3.33. The molecule has 0 atom stereocenters. The van der Waals surface area contributed by atoms with E-state index < -0.39 is 18.5 Å². The van der Waals surface area contributed by atoms with Crippen LogP contribution in [0.1, 0.15) is 12.5 Å². The van der Waals surface area contributed by atoms with E-state index in [2.05, 4.69) is 5.32 Å². The molecule has 1 aromatic rings. The molecule has 5 nitrogen and oxygen atoms in total. The summed E-state index contributed by atoms with van der Waals surface area (Å²) in [5.74, 6) is -1.13. The smallest absolute Gasteiger partial charge is 0.332 e. The van der Waals surface area contributed by atoms with Crippen molar-refractivity contribution < 1.29 is 19.1 Å². The molecule has 0 unspecified atom stereocenters. The van der Waals surface area contributed by atoms with Crippen LogP contribution in [0.3, 0.4) is 0 Å². The van der Waals surface area contributed by atoms with E-state index in [-0.39, 0.29) is 6.61 Å². The summed E-state index contributed by atoms with van der Waals surface area (Å²) in [5, 5.41) is 3.18. The van der Waals surface area contributed by atoms with E-state index in [1.807, 2.05) is 0 Å². The Hall–Kier alpha value is -1.30.